The van der Waals surface area contributed by atoms with Gasteiger partial charge in [0.05, 0.1) is 25.2 Å². The fourth-order valence-corrected chi connectivity index (χ4v) is 1.59. The first kappa shape index (κ1) is 11.1. The molecule has 0 aliphatic rings. The Kier molecular flexibility index (Phi) is 3.06. The molecule has 2 N–H and O–H groups in total. The first-order valence-corrected chi connectivity index (χ1v) is 5.12. The van der Waals surface area contributed by atoms with Crippen LogP contribution < -0.4 is 5.73 Å². The summed E-state index contributed by atoms with van der Waals surface area (Å²) in [6, 6.07) is 8.28. The van der Waals surface area contributed by atoms with Crippen molar-refractivity contribution in [2.75, 3.05) is 5.73 Å². The van der Waals surface area contributed by atoms with E-state index < -0.39 is 0 Å². The number of hydrogen-bond acceptors (Lipinski definition) is 3. The minimum absolute atomic E-state index is 0.231. The molecule has 2 aromatic rings. The molecular weight excluding hydrogens is 219 g/mol. The van der Waals surface area contributed by atoms with Crippen molar-refractivity contribution >= 4 is 5.82 Å². The fourth-order valence-electron chi connectivity index (χ4n) is 1.59. The molecule has 5 heteroatoms. The van der Waals surface area contributed by atoms with Crippen LogP contribution in [-0.4, -0.2) is 9.78 Å². The standard InChI is InChI=1S/C12H11FN4/c13-11-3-1-2-9(6-11)8-17-12(15)10(4-5-14)7-16-17/h1-3,6-7H,4,8,15H2. The van der Waals surface area contributed by atoms with Gasteiger partial charge in [0.2, 0.25) is 0 Å². The third kappa shape index (κ3) is 2.42. The summed E-state index contributed by atoms with van der Waals surface area (Å²) < 4.78 is 14.5. The molecule has 17 heavy (non-hydrogen) atoms. The second-order valence-electron chi connectivity index (χ2n) is 3.68. The molecule has 0 aliphatic heterocycles. The van der Waals surface area contributed by atoms with Gasteiger partial charge in [0.1, 0.15) is 11.6 Å². The fraction of sp³-hybridized carbons (Fsp3) is 0.167. The Morgan fingerprint density at radius 3 is 3.00 bits per heavy atom. The van der Waals surface area contributed by atoms with Gasteiger partial charge in [0, 0.05) is 5.56 Å². The number of nitriles is 1. The largest absolute Gasteiger partial charge is 0.384 e. The van der Waals surface area contributed by atoms with E-state index in [4.69, 9.17) is 11.0 Å². The zero-order valence-corrected chi connectivity index (χ0v) is 9.10. The number of aromatic nitrogens is 2. The Bertz CT molecular complexity index is 568. The molecule has 0 aliphatic carbocycles. The van der Waals surface area contributed by atoms with E-state index in [0.717, 1.165) is 5.56 Å². The molecule has 86 valence electrons. The molecule has 1 aromatic heterocycles. The summed E-state index contributed by atoms with van der Waals surface area (Å²) in [6.45, 7) is 0.398. The highest BCUT2D eigenvalue weighted by Gasteiger charge is 2.07. The van der Waals surface area contributed by atoms with Gasteiger partial charge >= 0.3 is 0 Å². The van der Waals surface area contributed by atoms with Gasteiger partial charge in [0.15, 0.2) is 0 Å². The van der Waals surface area contributed by atoms with E-state index in [1.54, 1.807) is 23.0 Å². The van der Waals surface area contributed by atoms with Crippen LogP contribution in [0.3, 0.4) is 0 Å². The maximum absolute atomic E-state index is 13.0. The average molecular weight is 230 g/mol. The molecule has 0 fully saturated rings. The molecule has 0 radical (unpaired) electrons. The second-order valence-corrected chi connectivity index (χ2v) is 3.68. The summed E-state index contributed by atoms with van der Waals surface area (Å²) in [5.74, 6) is 0.168. The van der Waals surface area contributed by atoms with Gasteiger partial charge in [0.25, 0.3) is 0 Å². The van der Waals surface area contributed by atoms with E-state index in [1.165, 1.54) is 12.1 Å². The van der Waals surface area contributed by atoms with Crippen LogP contribution in [0.4, 0.5) is 10.2 Å². The Labute approximate surface area is 98.1 Å². The van der Waals surface area contributed by atoms with E-state index in [-0.39, 0.29) is 12.2 Å². The third-order valence-electron chi connectivity index (χ3n) is 2.45. The lowest BCUT2D eigenvalue weighted by Crippen LogP contribution is -2.06. The van der Waals surface area contributed by atoms with E-state index in [1.807, 2.05) is 6.07 Å². The molecule has 0 unspecified atom stereocenters. The van der Waals surface area contributed by atoms with Crippen LogP contribution in [0.2, 0.25) is 0 Å². The number of halogens is 1. The molecular formula is C12H11FN4. The van der Waals surface area contributed by atoms with E-state index in [2.05, 4.69) is 5.10 Å². The Balaban J connectivity index is 2.22. The average Bonchev–Trinajstić information content (AvgIpc) is 2.62. The topological polar surface area (TPSA) is 67.6 Å². The van der Waals surface area contributed by atoms with Crippen LogP contribution >= 0.6 is 0 Å². The lowest BCUT2D eigenvalue weighted by molar-refractivity contribution is 0.620. The summed E-state index contributed by atoms with van der Waals surface area (Å²) in [7, 11) is 0. The Morgan fingerprint density at radius 2 is 2.29 bits per heavy atom. The van der Waals surface area contributed by atoms with Crippen molar-refractivity contribution in [1.82, 2.24) is 9.78 Å². The van der Waals surface area contributed by atoms with Gasteiger partial charge in [-0.05, 0) is 17.7 Å². The van der Waals surface area contributed by atoms with E-state index >= 15 is 0 Å². The highest BCUT2D eigenvalue weighted by molar-refractivity contribution is 5.40. The molecule has 0 amide bonds. The minimum Gasteiger partial charge on any atom is -0.384 e. The maximum Gasteiger partial charge on any atom is 0.126 e. The number of nitrogen functional groups attached to an aromatic ring is 1. The Hall–Kier alpha value is -2.35. The maximum atomic E-state index is 13.0. The first-order chi connectivity index (χ1) is 8.20. The number of hydrogen-bond donors (Lipinski definition) is 1. The molecule has 4 nitrogen and oxygen atoms in total. The summed E-state index contributed by atoms with van der Waals surface area (Å²) >= 11 is 0. The van der Waals surface area contributed by atoms with Crippen molar-refractivity contribution in [2.45, 2.75) is 13.0 Å². The van der Waals surface area contributed by atoms with Crippen molar-refractivity contribution in [3.05, 3.63) is 47.4 Å². The van der Waals surface area contributed by atoms with Gasteiger partial charge in [-0.2, -0.15) is 10.4 Å². The predicted octanol–water partition coefficient (Wildman–Crippen LogP) is 1.72. The van der Waals surface area contributed by atoms with Gasteiger partial charge in [-0.25, -0.2) is 9.07 Å². The molecule has 1 heterocycles. The SMILES string of the molecule is N#CCc1cnn(Cc2cccc(F)c2)c1N. The smallest absolute Gasteiger partial charge is 0.126 e. The van der Waals surface area contributed by atoms with Crippen LogP contribution in [0, 0.1) is 17.1 Å². The molecule has 2 rings (SSSR count). The number of nitrogens with two attached hydrogens (primary N) is 1. The summed E-state index contributed by atoms with van der Waals surface area (Å²) in [5.41, 5.74) is 7.31. The first-order valence-electron chi connectivity index (χ1n) is 5.12. The van der Waals surface area contributed by atoms with Crippen molar-refractivity contribution in [3.8, 4) is 6.07 Å². The monoisotopic (exact) mass is 230 g/mol. The summed E-state index contributed by atoms with van der Waals surface area (Å²) in [5, 5.41) is 12.7. The summed E-state index contributed by atoms with van der Waals surface area (Å²) in [6.07, 6.45) is 1.80. The molecule has 0 atom stereocenters. The zero-order valence-electron chi connectivity index (χ0n) is 9.10. The van der Waals surface area contributed by atoms with Crippen molar-refractivity contribution in [3.63, 3.8) is 0 Å². The highest BCUT2D eigenvalue weighted by Crippen LogP contribution is 2.14. The van der Waals surface area contributed by atoms with Crippen LogP contribution in [-0.2, 0) is 13.0 Å². The lowest BCUT2D eigenvalue weighted by Gasteiger charge is -2.04. The van der Waals surface area contributed by atoms with Crippen LogP contribution in [0.5, 0.6) is 0 Å². The van der Waals surface area contributed by atoms with Crippen molar-refractivity contribution in [1.29, 1.82) is 5.26 Å². The van der Waals surface area contributed by atoms with Crippen molar-refractivity contribution < 1.29 is 4.39 Å². The Morgan fingerprint density at radius 1 is 1.47 bits per heavy atom. The predicted molar refractivity (Wildman–Crippen MR) is 61.5 cm³/mol. The second kappa shape index (κ2) is 4.66. The third-order valence-corrected chi connectivity index (χ3v) is 2.45. The van der Waals surface area contributed by atoms with E-state index in [0.29, 0.717) is 17.9 Å². The van der Waals surface area contributed by atoms with Crippen LogP contribution in [0.1, 0.15) is 11.1 Å². The molecule has 0 saturated heterocycles. The van der Waals surface area contributed by atoms with Crippen molar-refractivity contribution in [2.24, 2.45) is 0 Å². The van der Waals surface area contributed by atoms with Gasteiger partial charge in [-0.1, -0.05) is 12.1 Å². The normalized spacial score (nSPS) is 10.1. The summed E-state index contributed by atoms with van der Waals surface area (Å²) in [4.78, 5) is 0. The quantitative estimate of drug-likeness (QED) is 0.872. The van der Waals surface area contributed by atoms with E-state index in [9.17, 15) is 4.39 Å². The minimum atomic E-state index is -0.287. The van der Waals surface area contributed by atoms with Crippen LogP contribution in [0.15, 0.2) is 30.5 Å². The molecule has 1 aromatic carbocycles. The van der Waals surface area contributed by atoms with Gasteiger partial charge in [-0.15, -0.1) is 0 Å². The van der Waals surface area contributed by atoms with Crippen LogP contribution in [0.25, 0.3) is 0 Å². The molecule has 0 spiro atoms. The highest BCUT2D eigenvalue weighted by atomic mass is 19.1. The van der Waals surface area contributed by atoms with Gasteiger partial charge < -0.3 is 5.73 Å². The number of rotatable bonds is 3. The molecule has 0 bridgehead atoms. The lowest BCUT2D eigenvalue weighted by atomic mass is 10.2. The number of benzene rings is 1. The zero-order chi connectivity index (χ0) is 12.3. The number of nitrogens with zero attached hydrogens (tertiary/aromatic N) is 3. The van der Waals surface area contributed by atoms with Gasteiger partial charge in [-0.3, -0.25) is 0 Å². The number of anilines is 1. The molecule has 0 saturated carbocycles.